The standard InChI is InChI=1S/C9H16N4O2/c1-4-9(5-2,8(14)15)6-13-7(3)10-11-12-13/h4-6H2,1-3H3,(H,14,15). The van der Waals surface area contributed by atoms with E-state index in [1.165, 1.54) is 0 Å². The van der Waals surface area contributed by atoms with Gasteiger partial charge >= 0.3 is 5.97 Å². The Morgan fingerprint density at radius 2 is 2.07 bits per heavy atom. The molecule has 0 spiro atoms. The van der Waals surface area contributed by atoms with Gasteiger partial charge in [0.05, 0.1) is 12.0 Å². The molecule has 0 fully saturated rings. The number of aromatic nitrogens is 4. The minimum absolute atomic E-state index is 0.328. The van der Waals surface area contributed by atoms with Crippen LogP contribution in [0, 0.1) is 12.3 Å². The van der Waals surface area contributed by atoms with Crippen molar-refractivity contribution in [2.75, 3.05) is 0 Å². The lowest BCUT2D eigenvalue weighted by atomic mass is 9.82. The number of tetrazole rings is 1. The predicted molar refractivity (Wildman–Crippen MR) is 53.2 cm³/mol. The molecule has 0 aliphatic carbocycles. The van der Waals surface area contributed by atoms with E-state index in [9.17, 15) is 9.90 Å². The molecule has 0 radical (unpaired) electrons. The maximum atomic E-state index is 11.2. The normalized spacial score (nSPS) is 11.7. The average Bonchev–Trinajstić information content (AvgIpc) is 2.60. The van der Waals surface area contributed by atoms with Crippen LogP contribution in [0.25, 0.3) is 0 Å². The summed E-state index contributed by atoms with van der Waals surface area (Å²) >= 11 is 0. The molecule has 1 rings (SSSR count). The highest BCUT2D eigenvalue weighted by atomic mass is 16.4. The first-order valence-corrected chi connectivity index (χ1v) is 5.02. The lowest BCUT2D eigenvalue weighted by Crippen LogP contribution is -2.35. The molecule has 6 nitrogen and oxygen atoms in total. The smallest absolute Gasteiger partial charge is 0.311 e. The molecule has 1 aromatic rings. The molecule has 0 aromatic carbocycles. The predicted octanol–water partition coefficient (Wildman–Crippen LogP) is 0.873. The number of aliphatic carboxylic acids is 1. The van der Waals surface area contributed by atoms with E-state index in [1.807, 2.05) is 13.8 Å². The molecule has 0 atom stereocenters. The Kier molecular flexibility index (Phi) is 3.39. The molecule has 0 unspecified atom stereocenters. The van der Waals surface area contributed by atoms with Crippen LogP contribution in [0.5, 0.6) is 0 Å². The summed E-state index contributed by atoms with van der Waals surface area (Å²) in [6.07, 6.45) is 1.14. The molecular formula is C9H16N4O2. The Hall–Kier alpha value is -1.46. The lowest BCUT2D eigenvalue weighted by molar-refractivity contribution is -0.150. The minimum atomic E-state index is -0.789. The maximum absolute atomic E-state index is 11.2. The summed E-state index contributed by atoms with van der Waals surface area (Å²) in [6.45, 7) is 5.83. The topological polar surface area (TPSA) is 80.9 Å². The van der Waals surface area contributed by atoms with Crippen LogP contribution in [-0.2, 0) is 11.3 Å². The number of hydrogen-bond acceptors (Lipinski definition) is 4. The van der Waals surface area contributed by atoms with Gasteiger partial charge in [0.2, 0.25) is 0 Å². The van der Waals surface area contributed by atoms with Crippen molar-refractivity contribution in [1.82, 2.24) is 20.2 Å². The van der Waals surface area contributed by atoms with E-state index >= 15 is 0 Å². The van der Waals surface area contributed by atoms with E-state index in [2.05, 4.69) is 15.5 Å². The molecule has 0 saturated carbocycles. The van der Waals surface area contributed by atoms with Crippen molar-refractivity contribution in [3.05, 3.63) is 5.82 Å². The molecule has 0 bridgehead atoms. The fourth-order valence-corrected chi connectivity index (χ4v) is 1.53. The van der Waals surface area contributed by atoms with Gasteiger partial charge in [-0.1, -0.05) is 13.8 Å². The first-order valence-electron chi connectivity index (χ1n) is 5.02. The Labute approximate surface area is 88.3 Å². The fourth-order valence-electron chi connectivity index (χ4n) is 1.53. The Balaban J connectivity index is 2.93. The lowest BCUT2D eigenvalue weighted by Gasteiger charge is -2.26. The number of nitrogens with zero attached hydrogens (tertiary/aromatic N) is 4. The fraction of sp³-hybridized carbons (Fsp3) is 0.778. The second kappa shape index (κ2) is 4.37. The largest absolute Gasteiger partial charge is 0.481 e. The minimum Gasteiger partial charge on any atom is -0.481 e. The summed E-state index contributed by atoms with van der Waals surface area (Å²) < 4.78 is 1.54. The number of carboxylic acid groups (broad SMARTS) is 1. The second-order valence-electron chi connectivity index (χ2n) is 3.68. The Morgan fingerprint density at radius 1 is 1.47 bits per heavy atom. The van der Waals surface area contributed by atoms with E-state index < -0.39 is 11.4 Å². The van der Waals surface area contributed by atoms with Crippen molar-refractivity contribution >= 4 is 5.97 Å². The van der Waals surface area contributed by atoms with E-state index in [0.29, 0.717) is 25.2 Å². The zero-order chi connectivity index (χ0) is 11.5. The van der Waals surface area contributed by atoms with E-state index in [0.717, 1.165) is 0 Å². The highest BCUT2D eigenvalue weighted by Gasteiger charge is 2.36. The third kappa shape index (κ3) is 2.14. The number of rotatable bonds is 5. The third-order valence-electron chi connectivity index (χ3n) is 2.97. The third-order valence-corrected chi connectivity index (χ3v) is 2.97. The van der Waals surface area contributed by atoms with Crippen molar-refractivity contribution in [3.63, 3.8) is 0 Å². The maximum Gasteiger partial charge on any atom is 0.311 e. The van der Waals surface area contributed by atoms with Gasteiger partial charge in [0.1, 0.15) is 5.82 Å². The summed E-state index contributed by atoms with van der Waals surface area (Å²) in [5.74, 6) is -0.148. The van der Waals surface area contributed by atoms with Crippen LogP contribution in [0.3, 0.4) is 0 Å². The molecule has 0 aliphatic heterocycles. The monoisotopic (exact) mass is 212 g/mol. The molecule has 6 heteroatoms. The van der Waals surface area contributed by atoms with Gasteiger partial charge < -0.3 is 5.11 Å². The summed E-state index contributed by atoms with van der Waals surface area (Å²) in [4.78, 5) is 11.2. The SMILES string of the molecule is CCC(CC)(Cn1nnnc1C)C(=O)O. The first-order chi connectivity index (χ1) is 7.05. The number of hydrogen-bond donors (Lipinski definition) is 1. The van der Waals surface area contributed by atoms with Gasteiger partial charge in [-0.2, -0.15) is 0 Å². The molecule has 1 aromatic heterocycles. The molecule has 1 heterocycles. The van der Waals surface area contributed by atoms with Crippen molar-refractivity contribution in [3.8, 4) is 0 Å². The van der Waals surface area contributed by atoms with Gasteiger partial charge in [0.15, 0.2) is 0 Å². The zero-order valence-corrected chi connectivity index (χ0v) is 9.27. The zero-order valence-electron chi connectivity index (χ0n) is 9.27. The van der Waals surface area contributed by atoms with Gasteiger partial charge in [-0.3, -0.25) is 4.79 Å². The molecule has 0 saturated heterocycles. The molecular weight excluding hydrogens is 196 g/mol. The van der Waals surface area contributed by atoms with Gasteiger partial charge in [-0.15, -0.1) is 5.10 Å². The Morgan fingerprint density at radius 3 is 2.40 bits per heavy atom. The van der Waals surface area contributed by atoms with Gasteiger partial charge in [-0.25, -0.2) is 4.68 Å². The summed E-state index contributed by atoms with van der Waals surface area (Å²) in [5.41, 5.74) is -0.764. The van der Waals surface area contributed by atoms with Crippen LogP contribution >= 0.6 is 0 Å². The number of carboxylic acids is 1. The summed E-state index contributed by atoms with van der Waals surface area (Å²) in [7, 11) is 0. The van der Waals surface area contributed by atoms with Crippen molar-refractivity contribution in [2.45, 2.75) is 40.2 Å². The highest BCUT2D eigenvalue weighted by Crippen LogP contribution is 2.28. The Bertz CT molecular complexity index is 344. The van der Waals surface area contributed by atoms with E-state index in [-0.39, 0.29) is 0 Å². The van der Waals surface area contributed by atoms with Crippen LogP contribution < -0.4 is 0 Å². The number of aryl methyl sites for hydroxylation is 1. The first kappa shape index (κ1) is 11.6. The van der Waals surface area contributed by atoms with E-state index in [4.69, 9.17) is 0 Å². The number of carbonyl (C=O) groups is 1. The van der Waals surface area contributed by atoms with Gasteiger partial charge in [-0.05, 0) is 30.2 Å². The van der Waals surface area contributed by atoms with E-state index in [1.54, 1.807) is 11.6 Å². The van der Waals surface area contributed by atoms with Gasteiger partial charge in [0, 0.05) is 0 Å². The molecule has 15 heavy (non-hydrogen) atoms. The van der Waals surface area contributed by atoms with Crippen LogP contribution in [0.1, 0.15) is 32.5 Å². The molecule has 1 N–H and O–H groups in total. The summed E-state index contributed by atoms with van der Waals surface area (Å²) in [5, 5.41) is 20.2. The van der Waals surface area contributed by atoms with Crippen LogP contribution in [-0.4, -0.2) is 31.3 Å². The van der Waals surface area contributed by atoms with Crippen LogP contribution in [0.15, 0.2) is 0 Å². The quantitative estimate of drug-likeness (QED) is 0.783. The van der Waals surface area contributed by atoms with Crippen LogP contribution in [0.2, 0.25) is 0 Å². The molecule has 0 amide bonds. The van der Waals surface area contributed by atoms with Crippen molar-refractivity contribution in [1.29, 1.82) is 0 Å². The van der Waals surface area contributed by atoms with Crippen molar-refractivity contribution < 1.29 is 9.90 Å². The second-order valence-corrected chi connectivity index (χ2v) is 3.68. The molecule has 0 aliphatic rings. The average molecular weight is 212 g/mol. The highest BCUT2D eigenvalue weighted by molar-refractivity contribution is 5.74. The molecule has 84 valence electrons. The van der Waals surface area contributed by atoms with Crippen molar-refractivity contribution in [2.24, 2.45) is 5.41 Å². The van der Waals surface area contributed by atoms with Crippen LogP contribution in [0.4, 0.5) is 0 Å². The van der Waals surface area contributed by atoms with Gasteiger partial charge in [0.25, 0.3) is 0 Å². The summed E-state index contributed by atoms with van der Waals surface area (Å²) in [6, 6.07) is 0.